The monoisotopic (exact) mass is 261 g/mol. The lowest BCUT2D eigenvalue weighted by Gasteiger charge is -2.22. The van der Waals surface area contributed by atoms with Crippen LogP contribution in [0.5, 0.6) is 0 Å². The number of benzene rings is 1. The van der Waals surface area contributed by atoms with E-state index in [9.17, 15) is 4.79 Å². The first-order valence-electron chi connectivity index (χ1n) is 6.17. The molecule has 0 atom stereocenters. The Morgan fingerprint density at radius 1 is 0.947 bits per heavy atom. The lowest BCUT2D eigenvalue weighted by atomic mass is 10.2. The summed E-state index contributed by atoms with van der Waals surface area (Å²) in [4.78, 5) is 12.0. The molecule has 1 aromatic rings. The highest BCUT2D eigenvalue weighted by Gasteiger charge is 2.04. The maximum Gasteiger partial charge on any atom is 0.142 e. The van der Waals surface area contributed by atoms with Crippen molar-refractivity contribution >= 4 is 18.0 Å². The quantitative estimate of drug-likeness (QED) is 0.420. The van der Waals surface area contributed by atoms with Crippen molar-refractivity contribution in [1.29, 1.82) is 0 Å². The second-order valence-electron chi connectivity index (χ2n) is 3.91. The summed E-state index contributed by atoms with van der Waals surface area (Å²) in [5.74, 6) is 0. The molecule has 0 bridgehead atoms. The van der Waals surface area contributed by atoms with Gasteiger partial charge in [-0.3, -0.25) is 4.79 Å². The van der Waals surface area contributed by atoms with Gasteiger partial charge < -0.3 is 15.1 Å². The van der Waals surface area contributed by atoms with E-state index in [4.69, 9.17) is 10.2 Å². The summed E-state index contributed by atoms with van der Waals surface area (Å²) in [5.41, 5.74) is 1.98. The minimum Gasteiger partial charge on any atom is -0.395 e. The number of aliphatic hydroxyl groups is 2. The number of hydrogen-bond acceptors (Lipinski definition) is 4. The van der Waals surface area contributed by atoms with Crippen molar-refractivity contribution < 1.29 is 15.0 Å². The van der Waals surface area contributed by atoms with Gasteiger partial charge in [-0.15, -0.1) is 0 Å². The van der Waals surface area contributed by atoms with Crippen LogP contribution in [0, 0.1) is 0 Å². The third-order valence-corrected chi connectivity index (χ3v) is 2.59. The van der Waals surface area contributed by atoms with Crippen LogP contribution >= 0.6 is 0 Å². The molecular weight excluding hydrogens is 242 g/mol. The fourth-order valence-corrected chi connectivity index (χ4v) is 1.68. The highest BCUT2D eigenvalue weighted by Crippen LogP contribution is 2.15. The highest BCUT2D eigenvalue weighted by molar-refractivity contribution is 5.66. The van der Waals surface area contributed by atoms with E-state index in [1.54, 1.807) is 12.2 Å². The Morgan fingerprint density at radius 3 is 2.11 bits per heavy atom. The van der Waals surface area contributed by atoms with Crippen molar-refractivity contribution in [3.05, 3.63) is 48.1 Å². The molecule has 4 nitrogen and oxygen atoms in total. The molecule has 2 N–H and O–H groups in total. The van der Waals surface area contributed by atoms with Crippen molar-refractivity contribution in [3.8, 4) is 0 Å². The van der Waals surface area contributed by atoms with E-state index in [0.29, 0.717) is 13.1 Å². The summed E-state index contributed by atoms with van der Waals surface area (Å²) in [6, 6.07) is 7.77. The van der Waals surface area contributed by atoms with Gasteiger partial charge >= 0.3 is 0 Å². The molecule has 0 aliphatic carbocycles. The van der Waals surface area contributed by atoms with Gasteiger partial charge in [0.25, 0.3) is 0 Å². The Labute approximate surface area is 113 Å². The Morgan fingerprint density at radius 2 is 1.58 bits per heavy atom. The second-order valence-corrected chi connectivity index (χ2v) is 3.91. The molecule has 0 fully saturated rings. The van der Waals surface area contributed by atoms with E-state index in [2.05, 4.69) is 0 Å². The average Bonchev–Trinajstić information content (AvgIpc) is 2.44. The summed E-state index contributed by atoms with van der Waals surface area (Å²) in [6.07, 6.45) is 7.52. The van der Waals surface area contributed by atoms with Gasteiger partial charge in [-0.1, -0.05) is 30.4 Å². The van der Waals surface area contributed by atoms with Gasteiger partial charge in [0, 0.05) is 18.8 Å². The lowest BCUT2D eigenvalue weighted by molar-refractivity contribution is -0.104. The Kier molecular flexibility index (Phi) is 7.24. The maximum absolute atomic E-state index is 10.1. The van der Waals surface area contributed by atoms with Gasteiger partial charge in [-0.25, -0.2) is 0 Å². The summed E-state index contributed by atoms with van der Waals surface area (Å²) >= 11 is 0. The van der Waals surface area contributed by atoms with E-state index in [0.717, 1.165) is 17.5 Å². The number of anilines is 1. The van der Waals surface area contributed by atoms with Crippen molar-refractivity contribution in [2.75, 3.05) is 31.2 Å². The van der Waals surface area contributed by atoms with Crippen LogP contribution in [0.2, 0.25) is 0 Å². The zero-order valence-corrected chi connectivity index (χ0v) is 10.8. The first kappa shape index (κ1) is 15.1. The largest absolute Gasteiger partial charge is 0.395 e. The van der Waals surface area contributed by atoms with Gasteiger partial charge in [-0.2, -0.15) is 0 Å². The SMILES string of the molecule is O=CC=CC=Cc1ccc(N(CCO)CCO)cc1. The maximum atomic E-state index is 10.1. The molecule has 0 heterocycles. The number of carbonyl (C=O) groups excluding carboxylic acids is 1. The summed E-state index contributed by atoms with van der Waals surface area (Å²) < 4.78 is 0. The summed E-state index contributed by atoms with van der Waals surface area (Å²) in [7, 11) is 0. The number of hydrogen-bond donors (Lipinski definition) is 2. The Bertz CT molecular complexity index is 418. The predicted octanol–water partition coefficient (Wildman–Crippen LogP) is 1.25. The van der Waals surface area contributed by atoms with Crippen LogP contribution in [-0.2, 0) is 4.79 Å². The zero-order valence-electron chi connectivity index (χ0n) is 10.8. The molecule has 0 amide bonds. The van der Waals surface area contributed by atoms with E-state index in [-0.39, 0.29) is 13.2 Å². The number of rotatable bonds is 8. The molecule has 0 saturated carbocycles. The normalized spacial score (nSPS) is 11.3. The Balaban J connectivity index is 2.70. The fourth-order valence-electron chi connectivity index (χ4n) is 1.68. The number of carbonyl (C=O) groups is 1. The number of aliphatic hydroxyl groups excluding tert-OH is 2. The lowest BCUT2D eigenvalue weighted by Crippen LogP contribution is -2.29. The molecule has 0 spiro atoms. The standard InChI is InChI=1S/C15H19NO3/c17-11-3-1-2-4-14-5-7-15(8-6-14)16(9-12-18)10-13-19/h1-8,11,18-19H,9-10,12-13H2. The molecule has 19 heavy (non-hydrogen) atoms. The smallest absolute Gasteiger partial charge is 0.142 e. The molecule has 0 radical (unpaired) electrons. The van der Waals surface area contributed by atoms with Crippen molar-refractivity contribution in [2.45, 2.75) is 0 Å². The molecule has 0 unspecified atom stereocenters. The molecular formula is C15H19NO3. The molecule has 1 rings (SSSR count). The van der Waals surface area contributed by atoms with Crippen LogP contribution in [0.15, 0.2) is 42.5 Å². The van der Waals surface area contributed by atoms with Crippen molar-refractivity contribution in [1.82, 2.24) is 0 Å². The van der Waals surface area contributed by atoms with Crippen LogP contribution < -0.4 is 4.90 Å². The first-order chi connectivity index (χ1) is 9.31. The molecule has 0 aromatic heterocycles. The third-order valence-electron chi connectivity index (χ3n) is 2.59. The number of allylic oxidation sites excluding steroid dienone is 3. The molecule has 0 aliphatic heterocycles. The summed E-state index contributed by atoms with van der Waals surface area (Å²) in [5, 5.41) is 18.0. The molecule has 102 valence electrons. The average molecular weight is 261 g/mol. The van der Waals surface area contributed by atoms with Crippen molar-refractivity contribution in [2.24, 2.45) is 0 Å². The molecule has 4 heteroatoms. The van der Waals surface area contributed by atoms with Gasteiger partial charge in [0.2, 0.25) is 0 Å². The molecule has 0 saturated heterocycles. The first-order valence-corrected chi connectivity index (χ1v) is 6.17. The third kappa shape index (κ3) is 5.50. The highest BCUT2D eigenvalue weighted by atomic mass is 16.3. The van der Waals surface area contributed by atoms with Gasteiger partial charge in [0.1, 0.15) is 6.29 Å². The van der Waals surface area contributed by atoms with E-state index in [1.165, 1.54) is 6.08 Å². The van der Waals surface area contributed by atoms with Crippen LogP contribution in [-0.4, -0.2) is 42.8 Å². The van der Waals surface area contributed by atoms with E-state index < -0.39 is 0 Å². The van der Waals surface area contributed by atoms with Gasteiger partial charge in [0.05, 0.1) is 13.2 Å². The molecule has 1 aromatic carbocycles. The van der Waals surface area contributed by atoms with E-state index >= 15 is 0 Å². The van der Waals surface area contributed by atoms with Gasteiger partial charge in [0.15, 0.2) is 0 Å². The van der Waals surface area contributed by atoms with Crippen molar-refractivity contribution in [3.63, 3.8) is 0 Å². The fraction of sp³-hybridized carbons (Fsp3) is 0.267. The number of nitrogens with zero attached hydrogens (tertiary/aromatic N) is 1. The minimum atomic E-state index is 0.0537. The minimum absolute atomic E-state index is 0.0537. The predicted molar refractivity (Wildman–Crippen MR) is 77.1 cm³/mol. The molecule has 0 aliphatic rings. The van der Waals surface area contributed by atoms with Crippen LogP contribution in [0.1, 0.15) is 5.56 Å². The van der Waals surface area contributed by atoms with Crippen LogP contribution in [0.25, 0.3) is 6.08 Å². The zero-order chi connectivity index (χ0) is 13.9. The van der Waals surface area contributed by atoms with E-state index in [1.807, 2.05) is 35.2 Å². The second kappa shape index (κ2) is 9.08. The van der Waals surface area contributed by atoms with Gasteiger partial charge in [-0.05, 0) is 23.8 Å². The van der Waals surface area contributed by atoms with Crippen LogP contribution in [0.3, 0.4) is 0 Å². The topological polar surface area (TPSA) is 60.8 Å². The number of aldehydes is 1. The van der Waals surface area contributed by atoms with Crippen LogP contribution in [0.4, 0.5) is 5.69 Å². The Hall–Kier alpha value is -1.91. The summed E-state index contributed by atoms with van der Waals surface area (Å²) in [6.45, 7) is 1.10.